The Labute approximate surface area is 183 Å². The minimum absolute atomic E-state index is 0.260. The number of carbonyl (C=O) groups is 1. The smallest absolute Gasteiger partial charge is 0.264 e. The van der Waals surface area contributed by atoms with Crippen LogP contribution in [0.3, 0.4) is 0 Å². The third-order valence-corrected chi connectivity index (χ3v) is 6.13. The Hall–Kier alpha value is -3.52. The summed E-state index contributed by atoms with van der Waals surface area (Å²) in [5, 5.41) is 16.9. The summed E-state index contributed by atoms with van der Waals surface area (Å²) in [6.07, 6.45) is 4.24. The van der Waals surface area contributed by atoms with E-state index in [4.69, 9.17) is 17.0 Å². The summed E-state index contributed by atoms with van der Waals surface area (Å²) in [5.41, 5.74) is 4.82. The van der Waals surface area contributed by atoms with Gasteiger partial charge in [0.05, 0.1) is 23.4 Å². The third kappa shape index (κ3) is 3.29. The van der Waals surface area contributed by atoms with E-state index in [9.17, 15) is 4.79 Å². The van der Waals surface area contributed by atoms with Crippen LogP contribution in [0, 0.1) is 12.3 Å². The topological polar surface area (TPSA) is 102 Å². The van der Waals surface area contributed by atoms with E-state index in [1.165, 1.54) is 0 Å². The number of carbonyl (C=O) groups excluding carboxylic acids is 1. The summed E-state index contributed by atoms with van der Waals surface area (Å²) in [5.74, 6) is 0.544. The highest BCUT2D eigenvalue weighted by Gasteiger charge is 2.23. The molecule has 0 spiro atoms. The minimum atomic E-state index is -0.260. The van der Waals surface area contributed by atoms with Crippen molar-refractivity contribution in [2.24, 2.45) is 0 Å². The number of fused-ring (bicyclic) bond motifs is 2. The zero-order chi connectivity index (χ0) is 21.5. The molecule has 0 atom stereocenters. The predicted molar refractivity (Wildman–Crippen MR) is 122 cm³/mol. The molecule has 0 saturated carbocycles. The highest BCUT2D eigenvalue weighted by Crippen LogP contribution is 2.39. The van der Waals surface area contributed by atoms with E-state index in [1.807, 2.05) is 24.4 Å². The van der Waals surface area contributed by atoms with Crippen LogP contribution in [0.5, 0.6) is 0 Å². The Bertz CT molecular complexity index is 1320. The Balaban J connectivity index is 1.57. The SMILES string of the molecule is Cc1ccc2[nH]ncc2c1-c1cc2ncnc(N3CCN(C(=O)C=N)CC3)c2cc1Cl. The zero-order valence-corrected chi connectivity index (χ0v) is 17.6. The maximum Gasteiger partial charge on any atom is 0.264 e. The number of hydrogen-bond donors (Lipinski definition) is 2. The molecule has 8 nitrogen and oxygen atoms in total. The highest BCUT2D eigenvalue weighted by atomic mass is 35.5. The molecule has 0 unspecified atom stereocenters. The van der Waals surface area contributed by atoms with Crippen LogP contribution in [0.1, 0.15) is 5.56 Å². The van der Waals surface area contributed by atoms with Crippen LogP contribution >= 0.6 is 11.6 Å². The van der Waals surface area contributed by atoms with Crippen molar-refractivity contribution >= 4 is 51.3 Å². The van der Waals surface area contributed by atoms with E-state index >= 15 is 0 Å². The van der Waals surface area contributed by atoms with Crippen molar-refractivity contribution in [1.82, 2.24) is 25.1 Å². The van der Waals surface area contributed by atoms with Gasteiger partial charge in [-0.15, -0.1) is 0 Å². The molecule has 2 N–H and O–H groups in total. The van der Waals surface area contributed by atoms with Gasteiger partial charge in [0.1, 0.15) is 12.1 Å². The second-order valence-corrected chi connectivity index (χ2v) is 8.00. The fourth-order valence-electron chi connectivity index (χ4n) is 4.22. The van der Waals surface area contributed by atoms with E-state index in [0.29, 0.717) is 31.2 Å². The van der Waals surface area contributed by atoms with Crippen molar-refractivity contribution in [1.29, 1.82) is 5.41 Å². The Morgan fingerprint density at radius 3 is 2.74 bits per heavy atom. The maximum atomic E-state index is 11.8. The summed E-state index contributed by atoms with van der Waals surface area (Å²) in [6, 6.07) is 8.00. The Morgan fingerprint density at radius 2 is 1.97 bits per heavy atom. The minimum Gasteiger partial charge on any atom is -0.352 e. The summed E-state index contributed by atoms with van der Waals surface area (Å²) in [6.45, 7) is 4.43. The monoisotopic (exact) mass is 433 g/mol. The van der Waals surface area contributed by atoms with Gasteiger partial charge in [-0.25, -0.2) is 9.97 Å². The highest BCUT2D eigenvalue weighted by molar-refractivity contribution is 6.35. The zero-order valence-electron chi connectivity index (χ0n) is 16.9. The van der Waals surface area contributed by atoms with Crippen molar-refractivity contribution in [2.45, 2.75) is 6.92 Å². The second-order valence-electron chi connectivity index (χ2n) is 7.59. The number of amides is 1. The molecule has 1 fully saturated rings. The molecule has 1 aliphatic rings. The van der Waals surface area contributed by atoms with Crippen molar-refractivity contribution in [3.05, 3.63) is 47.4 Å². The maximum absolute atomic E-state index is 11.8. The number of hydrogen-bond acceptors (Lipinski definition) is 6. The van der Waals surface area contributed by atoms with E-state index in [2.05, 4.69) is 38.1 Å². The number of piperazine rings is 1. The lowest BCUT2D eigenvalue weighted by molar-refractivity contribution is -0.123. The molecule has 156 valence electrons. The van der Waals surface area contributed by atoms with Gasteiger partial charge in [-0.3, -0.25) is 9.89 Å². The first-order valence-corrected chi connectivity index (χ1v) is 10.4. The van der Waals surface area contributed by atoms with Gasteiger partial charge in [-0.2, -0.15) is 5.10 Å². The largest absolute Gasteiger partial charge is 0.352 e. The number of halogens is 1. The molecule has 2 aromatic heterocycles. The molecule has 0 radical (unpaired) electrons. The first kappa shape index (κ1) is 19.4. The molecule has 4 aromatic rings. The second kappa shape index (κ2) is 7.63. The Morgan fingerprint density at radius 1 is 1.16 bits per heavy atom. The quantitative estimate of drug-likeness (QED) is 0.482. The van der Waals surface area contributed by atoms with E-state index < -0.39 is 0 Å². The van der Waals surface area contributed by atoms with Crippen molar-refractivity contribution in [3.8, 4) is 11.1 Å². The lowest BCUT2D eigenvalue weighted by Crippen LogP contribution is -2.49. The van der Waals surface area contributed by atoms with Crippen molar-refractivity contribution in [2.75, 3.05) is 31.1 Å². The van der Waals surface area contributed by atoms with Crippen LogP contribution in [-0.2, 0) is 4.79 Å². The summed E-state index contributed by atoms with van der Waals surface area (Å²) < 4.78 is 0. The Kier molecular flexibility index (Phi) is 4.78. The van der Waals surface area contributed by atoms with Gasteiger partial charge in [0.15, 0.2) is 0 Å². The third-order valence-electron chi connectivity index (χ3n) is 5.82. The van der Waals surface area contributed by atoms with Crippen molar-refractivity contribution < 1.29 is 4.79 Å². The number of rotatable bonds is 3. The van der Waals surface area contributed by atoms with Crippen LogP contribution in [-0.4, -0.2) is 63.4 Å². The van der Waals surface area contributed by atoms with Crippen LogP contribution in [0.15, 0.2) is 36.8 Å². The number of nitrogens with one attached hydrogen (secondary N) is 2. The number of aromatic amines is 1. The molecular formula is C22H20ClN7O. The van der Waals surface area contributed by atoms with E-state index in [-0.39, 0.29) is 5.91 Å². The first-order chi connectivity index (χ1) is 15.1. The van der Waals surface area contributed by atoms with Gasteiger partial charge >= 0.3 is 0 Å². The molecule has 0 aliphatic carbocycles. The number of nitrogens with zero attached hydrogens (tertiary/aromatic N) is 5. The molecular weight excluding hydrogens is 414 g/mol. The number of aromatic nitrogens is 4. The molecule has 31 heavy (non-hydrogen) atoms. The van der Waals surface area contributed by atoms with Crippen molar-refractivity contribution in [3.63, 3.8) is 0 Å². The van der Waals surface area contributed by atoms with Gasteiger partial charge in [0.2, 0.25) is 0 Å². The lowest BCUT2D eigenvalue weighted by Gasteiger charge is -2.35. The van der Waals surface area contributed by atoms with Crippen LogP contribution in [0.4, 0.5) is 5.82 Å². The van der Waals surface area contributed by atoms with Gasteiger partial charge in [-0.05, 0) is 36.2 Å². The van der Waals surface area contributed by atoms with Crippen LogP contribution < -0.4 is 4.90 Å². The average molecular weight is 434 g/mol. The molecule has 1 amide bonds. The summed E-state index contributed by atoms with van der Waals surface area (Å²) in [4.78, 5) is 24.6. The predicted octanol–water partition coefficient (Wildman–Crippen LogP) is 3.43. The fraction of sp³-hybridized carbons (Fsp3) is 0.227. The number of aryl methyl sites for hydroxylation is 1. The van der Waals surface area contributed by atoms with Crippen LogP contribution in [0.2, 0.25) is 5.02 Å². The van der Waals surface area contributed by atoms with Gasteiger partial charge in [0, 0.05) is 47.5 Å². The molecule has 3 heterocycles. The first-order valence-electron chi connectivity index (χ1n) is 9.98. The molecule has 1 saturated heterocycles. The fourth-order valence-corrected chi connectivity index (χ4v) is 4.48. The van der Waals surface area contributed by atoms with Gasteiger partial charge in [-0.1, -0.05) is 17.7 Å². The van der Waals surface area contributed by atoms with Gasteiger partial charge in [0.25, 0.3) is 5.91 Å². The number of benzene rings is 2. The number of anilines is 1. The lowest BCUT2D eigenvalue weighted by atomic mass is 9.96. The molecule has 9 heteroatoms. The number of H-pyrrole nitrogens is 1. The van der Waals surface area contributed by atoms with E-state index in [0.717, 1.165) is 50.5 Å². The van der Waals surface area contributed by atoms with Gasteiger partial charge < -0.3 is 15.2 Å². The molecule has 2 aromatic carbocycles. The molecule has 1 aliphatic heterocycles. The summed E-state index contributed by atoms with van der Waals surface area (Å²) in [7, 11) is 0. The normalized spacial score (nSPS) is 14.4. The molecule has 0 bridgehead atoms. The standard InChI is InChI=1S/C22H20ClN7O/c1-13-2-3-18-16(11-27-28-18)21(13)14-9-19-15(8-17(14)23)22(26-12-25-19)30-6-4-29(5-7-30)20(31)10-24/h2-3,8-12,24H,4-7H2,1H3,(H,27,28). The molecule has 5 rings (SSSR count). The van der Waals surface area contributed by atoms with E-state index in [1.54, 1.807) is 11.2 Å². The van der Waals surface area contributed by atoms with Crippen LogP contribution in [0.25, 0.3) is 32.9 Å². The average Bonchev–Trinajstić information content (AvgIpc) is 3.27. The summed E-state index contributed by atoms with van der Waals surface area (Å²) >= 11 is 6.79.